The molecule has 2 aromatic carbocycles. The second-order valence-corrected chi connectivity index (χ2v) is 6.63. The largest absolute Gasteiger partial charge is 0.462 e. The molecule has 0 saturated carbocycles. The molecule has 0 aromatic heterocycles. The summed E-state index contributed by atoms with van der Waals surface area (Å²) in [6.45, 7) is 8.40. The summed E-state index contributed by atoms with van der Waals surface area (Å²) in [5, 5.41) is 0. The summed E-state index contributed by atoms with van der Waals surface area (Å²) < 4.78 is 5.65. The van der Waals surface area contributed by atoms with E-state index < -0.39 is 10.8 Å². The Morgan fingerprint density at radius 1 is 1.00 bits per heavy atom. The zero-order chi connectivity index (χ0) is 18.3. The molecule has 0 saturated heterocycles. The Kier molecular flexibility index (Phi) is 9.14. The molecule has 0 heterocycles. The van der Waals surface area contributed by atoms with Crippen LogP contribution in [-0.2, 0) is 14.4 Å². The molecule has 0 amide bonds. The molecule has 3 nitrogen and oxygen atoms in total. The van der Waals surface area contributed by atoms with E-state index in [0.717, 1.165) is 13.1 Å². The molecule has 0 N–H and O–H groups in total. The molecule has 0 aliphatic rings. The second-order valence-electron chi connectivity index (χ2n) is 6.06. The highest BCUT2D eigenvalue weighted by atomic mass is 35.5. The van der Waals surface area contributed by atoms with Crippen molar-refractivity contribution in [3.8, 4) is 0 Å². The minimum atomic E-state index is -1.34. The van der Waals surface area contributed by atoms with Crippen LogP contribution in [0, 0.1) is 0 Å². The maximum absolute atomic E-state index is 13.0. The number of benzene rings is 2. The van der Waals surface area contributed by atoms with Crippen LogP contribution >= 0.6 is 24.0 Å². The predicted molar refractivity (Wildman–Crippen MR) is 110 cm³/mol. The van der Waals surface area contributed by atoms with E-state index in [1.54, 1.807) is 0 Å². The van der Waals surface area contributed by atoms with Crippen LogP contribution in [0.2, 0.25) is 0 Å². The van der Waals surface area contributed by atoms with Crippen molar-refractivity contribution in [1.82, 2.24) is 4.90 Å². The van der Waals surface area contributed by atoms with Gasteiger partial charge in [-0.25, -0.2) is 4.79 Å². The Morgan fingerprint density at radius 3 is 1.81 bits per heavy atom. The van der Waals surface area contributed by atoms with Gasteiger partial charge in [-0.1, -0.05) is 86.1 Å². The highest BCUT2D eigenvalue weighted by Gasteiger charge is 2.42. The Balaban J connectivity index is 0.00000338. The maximum atomic E-state index is 13.0. The van der Waals surface area contributed by atoms with Crippen LogP contribution in [0.1, 0.15) is 31.9 Å². The van der Waals surface area contributed by atoms with Crippen LogP contribution in [0.15, 0.2) is 60.7 Å². The van der Waals surface area contributed by atoms with Crippen molar-refractivity contribution in [2.75, 3.05) is 19.7 Å². The molecule has 0 spiro atoms. The summed E-state index contributed by atoms with van der Waals surface area (Å²) in [6, 6.07) is 18.9. The van der Waals surface area contributed by atoms with Gasteiger partial charge in [-0.2, -0.15) is 0 Å². The molecule has 0 bridgehead atoms. The van der Waals surface area contributed by atoms with Gasteiger partial charge in [0.1, 0.15) is 6.61 Å². The molecule has 26 heavy (non-hydrogen) atoms. The van der Waals surface area contributed by atoms with Gasteiger partial charge < -0.3 is 4.74 Å². The fourth-order valence-corrected chi connectivity index (χ4v) is 3.29. The number of ether oxygens (including phenoxy) is 1. The van der Waals surface area contributed by atoms with Gasteiger partial charge in [0.05, 0.1) is 0 Å². The van der Waals surface area contributed by atoms with Crippen molar-refractivity contribution in [2.24, 2.45) is 0 Å². The first kappa shape index (κ1) is 22.5. The van der Waals surface area contributed by atoms with Crippen molar-refractivity contribution < 1.29 is 9.53 Å². The Labute approximate surface area is 167 Å². The number of rotatable bonds is 8. The van der Waals surface area contributed by atoms with Gasteiger partial charge in [-0.3, -0.25) is 4.90 Å². The van der Waals surface area contributed by atoms with E-state index in [1.165, 1.54) is 0 Å². The van der Waals surface area contributed by atoms with Gasteiger partial charge in [-0.15, -0.1) is 12.4 Å². The number of halogens is 2. The molecular weight excluding hydrogens is 369 g/mol. The average Bonchev–Trinajstić information content (AvgIpc) is 2.67. The van der Waals surface area contributed by atoms with E-state index in [-0.39, 0.29) is 18.4 Å². The topological polar surface area (TPSA) is 29.5 Å². The highest BCUT2D eigenvalue weighted by molar-refractivity contribution is 6.36. The molecule has 2 aromatic rings. The number of likely N-dealkylation sites (N-methyl/N-ethyl adjacent to an activating group) is 1. The number of alkyl halides is 1. The highest BCUT2D eigenvalue weighted by Crippen LogP contribution is 2.38. The van der Waals surface area contributed by atoms with Gasteiger partial charge >= 0.3 is 5.97 Å². The molecular formula is C21H27Cl2NO2. The second kappa shape index (κ2) is 10.6. The van der Waals surface area contributed by atoms with Crippen molar-refractivity contribution in [3.63, 3.8) is 0 Å². The van der Waals surface area contributed by atoms with Crippen LogP contribution in [-0.4, -0.2) is 36.6 Å². The standard InChI is InChI=1S/C21H26ClNO2.ClH/c1-4-23(5-2)17(3)16-25-20(24)21(22,18-12-8-6-9-13-18)19-14-10-7-11-15-19;/h6-15,17H,4-5,16H2,1-3H3;1H. The summed E-state index contributed by atoms with van der Waals surface area (Å²) in [7, 11) is 0. The number of nitrogens with zero attached hydrogens (tertiary/aromatic N) is 1. The minimum absolute atomic E-state index is 0. The van der Waals surface area contributed by atoms with Gasteiger partial charge in [0.2, 0.25) is 0 Å². The predicted octanol–water partition coefficient (Wildman–Crippen LogP) is 4.86. The molecule has 0 fully saturated rings. The number of hydrogen-bond acceptors (Lipinski definition) is 3. The maximum Gasteiger partial charge on any atom is 0.336 e. The van der Waals surface area contributed by atoms with Crippen LogP contribution in [0.3, 0.4) is 0 Å². The van der Waals surface area contributed by atoms with Crippen molar-refractivity contribution >= 4 is 30.0 Å². The summed E-state index contributed by atoms with van der Waals surface area (Å²) >= 11 is 6.88. The normalized spacial score (nSPS) is 12.3. The lowest BCUT2D eigenvalue weighted by Gasteiger charge is -2.29. The van der Waals surface area contributed by atoms with Crippen LogP contribution in [0.25, 0.3) is 0 Å². The molecule has 0 aliphatic carbocycles. The summed E-state index contributed by atoms with van der Waals surface area (Å²) in [6.07, 6.45) is 0. The molecule has 2 rings (SSSR count). The number of esters is 1. The van der Waals surface area contributed by atoms with E-state index in [0.29, 0.717) is 17.7 Å². The monoisotopic (exact) mass is 395 g/mol. The zero-order valence-corrected chi connectivity index (χ0v) is 17.1. The SMILES string of the molecule is CCN(CC)C(C)COC(=O)C(Cl)(c1ccccc1)c1ccccc1.Cl. The minimum Gasteiger partial charge on any atom is -0.462 e. The summed E-state index contributed by atoms with van der Waals surface area (Å²) in [5.74, 6) is -0.439. The Hall–Kier alpha value is -1.55. The first-order valence-electron chi connectivity index (χ1n) is 8.75. The van der Waals surface area contributed by atoms with E-state index >= 15 is 0 Å². The van der Waals surface area contributed by atoms with Crippen molar-refractivity contribution in [2.45, 2.75) is 31.7 Å². The lowest BCUT2D eigenvalue weighted by molar-refractivity contribution is -0.147. The third kappa shape index (κ3) is 5.00. The van der Waals surface area contributed by atoms with Crippen LogP contribution in [0.4, 0.5) is 0 Å². The lowest BCUT2D eigenvalue weighted by atomic mass is 9.90. The zero-order valence-electron chi connectivity index (χ0n) is 15.5. The van der Waals surface area contributed by atoms with E-state index in [2.05, 4.69) is 25.7 Å². The van der Waals surface area contributed by atoms with Crippen molar-refractivity contribution in [3.05, 3.63) is 71.8 Å². The molecule has 5 heteroatoms. The average molecular weight is 396 g/mol. The van der Waals surface area contributed by atoms with Gasteiger partial charge in [0, 0.05) is 6.04 Å². The quantitative estimate of drug-likeness (QED) is 0.471. The molecule has 0 radical (unpaired) electrons. The molecule has 1 unspecified atom stereocenters. The van der Waals surface area contributed by atoms with Gasteiger partial charge in [0.25, 0.3) is 0 Å². The fraction of sp³-hybridized carbons (Fsp3) is 0.381. The van der Waals surface area contributed by atoms with Crippen molar-refractivity contribution in [1.29, 1.82) is 0 Å². The van der Waals surface area contributed by atoms with E-state index in [4.69, 9.17) is 16.3 Å². The fourth-order valence-electron chi connectivity index (χ4n) is 2.99. The molecule has 1 atom stereocenters. The first-order valence-corrected chi connectivity index (χ1v) is 9.13. The smallest absolute Gasteiger partial charge is 0.336 e. The van der Waals surface area contributed by atoms with Gasteiger partial charge in [0.15, 0.2) is 4.87 Å². The third-order valence-electron chi connectivity index (χ3n) is 4.52. The third-order valence-corrected chi connectivity index (χ3v) is 5.11. The molecule has 0 aliphatic heterocycles. The Morgan fingerprint density at radius 2 is 1.42 bits per heavy atom. The van der Waals surface area contributed by atoms with E-state index in [9.17, 15) is 4.79 Å². The Bertz CT molecular complexity index is 621. The van der Waals surface area contributed by atoms with Crippen LogP contribution in [0.5, 0.6) is 0 Å². The summed E-state index contributed by atoms with van der Waals surface area (Å²) in [4.78, 5) is 13.9. The van der Waals surface area contributed by atoms with Gasteiger partial charge in [-0.05, 0) is 31.1 Å². The molecule has 142 valence electrons. The van der Waals surface area contributed by atoms with Crippen LogP contribution < -0.4 is 0 Å². The summed E-state index contributed by atoms with van der Waals surface area (Å²) in [5.41, 5.74) is 1.42. The van der Waals surface area contributed by atoms with E-state index in [1.807, 2.05) is 60.7 Å². The lowest BCUT2D eigenvalue weighted by Crippen LogP contribution is -2.40. The first-order chi connectivity index (χ1) is 12.0. The number of carbonyl (C=O) groups excluding carboxylic acids is 1. The number of hydrogen-bond donors (Lipinski definition) is 0. The number of carbonyl (C=O) groups is 1.